The van der Waals surface area contributed by atoms with Gasteiger partial charge in [0, 0.05) is 23.8 Å². The van der Waals surface area contributed by atoms with E-state index in [1.807, 2.05) is 0 Å². The van der Waals surface area contributed by atoms with Crippen molar-refractivity contribution in [3.05, 3.63) is 58.7 Å². The third-order valence-corrected chi connectivity index (χ3v) is 4.95. The number of ether oxygens (including phenoxy) is 1. The van der Waals surface area contributed by atoms with Crippen molar-refractivity contribution < 1.29 is 31.8 Å². The standard InChI is InChI=1S/C20H20F5NO2/c1-11-16(9-15(21)17(18(11)22)20(23,24)25)26-19(13-5-3-7-28-10-13)12-4-2-6-14(27)8-12/h2,4,6,8-9,13,19,26-27H,3,5,7,10H2,1H3/t13?,19-/m0/s1. The zero-order valence-corrected chi connectivity index (χ0v) is 15.1. The number of hydrogen-bond acceptors (Lipinski definition) is 3. The van der Waals surface area contributed by atoms with E-state index in [4.69, 9.17) is 4.74 Å². The number of phenolic OH excluding ortho intramolecular Hbond substituents is 1. The summed E-state index contributed by atoms with van der Waals surface area (Å²) in [6.45, 7) is 2.16. The van der Waals surface area contributed by atoms with E-state index in [1.165, 1.54) is 19.1 Å². The van der Waals surface area contributed by atoms with Crippen LogP contribution >= 0.6 is 0 Å². The third-order valence-electron chi connectivity index (χ3n) is 4.95. The van der Waals surface area contributed by atoms with Gasteiger partial charge in [0.2, 0.25) is 0 Å². The number of rotatable bonds is 4. The van der Waals surface area contributed by atoms with E-state index in [2.05, 4.69) is 5.32 Å². The molecule has 2 atom stereocenters. The highest BCUT2D eigenvalue weighted by Gasteiger charge is 2.39. The number of alkyl halides is 3. The first-order chi connectivity index (χ1) is 13.2. The fourth-order valence-corrected chi connectivity index (χ4v) is 3.52. The van der Waals surface area contributed by atoms with Gasteiger partial charge in [-0.25, -0.2) is 8.78 Å². The number of anilines is 1. The maximum absolute atomic E-state index is 14.3. The molecule has 0 aliphatic carbocycles. The quantitative estimate of drug-likeness (QED) is 0.658. The van der Waals surface area contributed by atoms with Crippen molar-refractivity contribution in [2.45, 2.75) is 32.0 Å². The Kier molecular flexibility index (Phi) is 5.79. The molecule has 0 spiro atoms. The minimum atomic E-state index is -5.13. The number of hydrogen-bond donors (Lipinski definition) is 2. The molecule has 1 heterocycles. The maximum Gasteiger partial charge on any atom is 0.422 e. The highest BCUT2D eigenvalue weighted by Crippen LogP contribution is 2.39. The van der Waals surface area contributed by atoms with Crippen LogP contribution in [0.5, 0.6) is 5.75 Å². The predicted molar refractivity (Wildman–Crippen MR) is 94.1 cm³/mol. The molecule has 0 aromatic heterocycles. The van der Waals surface area contributed by atoms with E-state index >= 15 is 0 Å². The zero-order chi connectivity index (χ0) is 20.5. The number of nitrogens with one attached hydrogen (secondary N) is 1. The van der Waals surface area contributed by atoms with Crippen LogP contribution in [-0.2, 0) is 10.9 Å². The SMILES string of the molecule is Cc1c(N[C@@H](c2cccc(O)c2)C2CCCOC2)cc(F)c(C(F)(F)F)c1F. The molecule has 1 unspecified atom stereocenters. The summed E-state index contributed by atoms with van der Waals surface area (Å²) >= 11 is 0. The molecule has 0 saturated carbocycles. The van der Waals surface area contributed by atoms with Crippen molar-refractivity contribution in [3.8, 4) is 5.75 Å². The smallest absolute Gasteiger partial charge is 0.422 e. The van der Waals surface area contributed by atoms with Crippen molar-refractivity contribution >= 4 is 5.69 Å². The summed E-state index contributed by atoms with van der Waals surface area (Å²) in [6.07, 6.45) is -3.58. The van der Waals surface area contributed by atoms with Crippen LogP contribution in [0.15, 0.2) is 30.3 Å². The lowest BCUT2D eigenvalue weighted by Crippen LogP contribution is -2.29. The molecular weight excluding hydrogens is 381 g/mol. The maximum atomic E-state index is 14.3. The molecule has 1 aliphatic heterocycles. The van der Waals surface area contributed by atoms with Gasteiger partial charge in [-0.3, -0.25) is 0 Å². The Bertz CT molecular complexity index is 847. The van der Waals surface area contributed by atoms with Gasteiger partial charge in [0.05, 0.1) is 12.6 Å². The lowest BCUT2D eigenvalue weighted by Gasteiger charge is -2.32. The largest absolute Gasteiger partial charge is 0.508 e. The van der Waals surface area contributed by atoms with Crippen LogP contribution in [0.4, 0.5) is 27.6 Å². The Morgan fingerprint density at radius 2 is 1.96 bits per heavy atom. The minimum absolute atomic E-state index is 0.0162. The zero-order valence-electron chi connectivity index (χ0n) is 15.1. The summed E-state index contributed by atoms with van der Waals surface area (Å²) in [5, 5.41) is 12.8. The van der Waals surface area contributed by atoms with Crippen molar-refractivity contribution in [2.24, 2.45) is 5.92 Å². The first-order valence-corrected chi connectivity index (χ1v) is 8.87. The van der Waals surface area contributed by atoms with Gasteiger partial charge in [-0.1, -0.05) is 12.1 Å². The Labute approximate surface area is 159 Å². The highest BCUT2D eigenvalue weighted by atomic mass is 19.4. The fourth-order valence-electron chi connectivity index (χ4n) is 3.52. The van der Waals surface area contributed by atoms with Gasteiger partial charge in [-0.15, -0.1) is 0 Å². The lowest BCUT2D eigenvalue weighted by atomic mass is 9.88. The van der Waals surface area contributed by atoms with Crippen LogP contribution in [0.2, 0.25) is 0 Å². The first-order valence-electron chi connectivity index (χ1n) is 8.87. The summed E-state index contributed by atoms with van der Waals surface area (Å²) in [7, 11) is 0. The van der Waals surface area contributed by atoms with Crippen LogP contribution < -0.4 is 5.32 Å². The van der Waals surface area contributed by atoms with Crippen molar-refractivity contribution in [1.82, 2.24) is 0 Å². The Morgan fingerprint density at radius 1 is 1.21 bits per heavy atom. The van der Waals surface area contributed by atoms with E-state index in [-0.39, 0.29) is 22.9 Å². The average Bonchev–Trinajstić information content (AvgIpc) is 2.63. The highest BCUT2D eigenvalue weighted by molar-refractivity contribution is 5.56. The van der Waals surface area contributed by atoms with Gasteiger partial charge in [0.1, 0.15) is 22.9 Å². The van der Waals surface area contributed by atoms with E-state index in [9.17, 15) is 27.1 Å². The van der Waals surface area contributed by atoms with E-state index < -0.39 is 29.4 Å². The summed E-state index contributed by atoms with van der Waals surface area (Å²) < 4.78 is 72.7. The van der Waals surface area contributed by atoms with Crippen LogP contribution in [0.25, 0.3) is 0 Å². The van der Waals surface area contributed by atoms with E-state index in [0.29, 0.717) is 24.8 Å². The van der Waals surface area contributed by atoms with Crippen LogP contribution in [0.3, 0.4) is 0 Å². The van der Waals surface area contributed by atoms with Gasteiger partial charge in [-0.05, 0) is 43.5 Å². The van der Waals surface area contributed by atoms with Gasteiger partial charge >= 0.3 is 6.18 Å². The molecule has 1 saturated heterocycles. The van der Waals surface area contributed by atoms with Crippen LogP contribution in [-0.4, -0.2) is 18.3 Å². The Hall–Kier alpha value is -2.35. The molecule has 2 N–H and O–H groups in total. The van der Waals surface area contributed by atoms with Crippen LogP contribution in [0, 0.1) is 24.5 Å². The lowest BCUT2D eigenvalue weighted by molar-refractivity contribution is -0.142. The third kappa shape index (κ3) is 4.22. The second kappa shape index (κ2) is 7.95. The first kappa shape index (κ1) is 20.4. The summed E-state index contributed by atoms with van der Waals surface area (Å²) in [6, 6.07) is 6.53. The second-order valence-corrected chi connectivity index (χ2v) is 6.91. The van der Waals surface area contributed by atoms with Crippen molar-refractivity contribution in [1.29, 1.82) is 0 Å². The molecule has 0 amide bonds. The molecule has 152 valence electrons. The van der Waals surface area contributed by atoms with Crippen LogP contribution in [0.1, 0.15) is 35.6 Å². The molecule has 2 aromatic carbocycles. The molecule has 2 aromatic rings. The number of halogens is 5. The molecule has 1 fully saturated rings. The van der Waals surface area contributed by atoms with Gasteiger partial charge in [0.15, 0.2) is 0 Å². The second-order valence-electron chi connectivity index (χ2n) is 6.91. The topological polar surface area (TPSA) is 41.5 Å². The molecular formula is C20H20F5NO2. The van der Waals surface area contributed by atoms with Gasteiger partial charge < -0.3 is 15.2 Å². The molecule has 3 nitrogen and oxygen atoms in total. The fraction of sp³-hybridized carbons (Fsp3) is 0.400. The van der Waals surface area contributed by atoms with E-state index in [1.54, 1.807) is 12.1 Å². The summed E-state index contributed by atoms with van der Waals surface area (Å²) in [5.74, 6) is -3.37. The van der Waals surface area contributed by atoms with Crippen molar-refractivity contribution in [2.75, 3.05) is 18.5 Å². The molecule has 28 heavy (non-hydrogen) atoms. The number of aromatic hydroxyl groups is 1. The van der Waals surface area contributed by atoms with Gasteiger partial charge in [-0.2, -0.15) is 13.2 Å². The minimum Gasteiger partial charge on any atom is -0.508 e. The normalized spacial score (nSPS) is 18.7. The Morgan fingerprint density at radius 3 is 2.57 bits per heavy atom. The average molecular weight is 401 g/mol. The monoisotopic (exact) mass is 401 g/mol. The predicted octanol–water partition coefficient (Wildman–Crippen LogP) is 5.58. The van der Waals surface area contributed by atoms with E-state index in [0.717, 1.165) is 12.8 Å². The van der Waals surface area contributed by atoms with Gasteiger partial charge in [0.25, 0.3) is 0 Å². The molecule has 1 aliphatic rings. The van der Waals surface area contributed by atoms with Crippen molar-refractivity contribution in [3.63, 3.8) is 0 Å². The molecule has 8 heteroatoms. The molecule has 3 rings (SSSR count). The molecule has 0 radical (unpaired) electrons. The number of phenols is 1. The Balaban J connectivity index is 2.01. The molecule has 0 bridgehead atoms. The number of benzene rings is 2. The summed E-state index contributed by atoms with van der Waals surface area (Å²) in [4.78, 5) is 0. The summed E-state index contributed by atoms with van der Waals surface area (Å²) in [5.41, 5.74) is -1.64.